The molecule has 120 valence electrons. The van der Waals surface area contributed by atoms with E-state index in [0.29, 0.717) is 23.0 Å². The molecular formula is C15H19ClN2O2S2. The van der Waals surface area contributed by atoms with Gasteiger partial charge in [-0.25, -0.2) is 8.42 Å². The van der Waals surface area contributed by atoms with Crippen molar-refractivity contribution < 1.29 is 8.42 Å². The second-order valence-corrected chi connectivity index (χ2v) is 9.47. The van der Waals surface area contributed by atoms with Crippen LogP contribution in [0, 0.1) is 12.8 Å². The van der Waals surface area contributed by atoms with Crippen LogP contribution in [0.3, 0.4) is 0 Å². The highest BCUT2D eigenvalue weighted by Crippen LogP contribution is 2.38. The highest BCUT2D eigenvalue weighted by atomic mass is 35.5. The molecule has 1 saturated heterocycles. The molecule has 0 radical (unpaired) electrons. The van der Waals surface area contributed by atoms with Gasteiger partial charge in [-0.05, 0) is 44.4 Å². The summed E-state index contributed by atoms with van der Waals surface area (Å²) in [6.45, 7) is 4.82. The lowest BCUT2D eigenvalue weighted by Gasteiger charge is -2.18. The summed E-state index contributed by atoms with van der Waals surface area (Å²) in [5.41, 5.74) is 5.93. The molecule has 1 aromatic heterocycles. The number of hydrogen-bond acceptors (Lipinski definition) is 4. The third kappa shape index (κ3) is 2.67. The Kier molecular flexibility index (Phi) is 4.24. The molecule has 2 unspecified atom stereocenters. The fourth-order valence-corrected chi connectivity index (χ4v) is 6.44. The minimum absolute atomic E-state index is 0.00922. The Morgan fingerprint density at radius 2 is 2.18 bits per heavy atom. The van der Waals surface area contributed by atoms with Crippen LogP contribution in [0.4, 0.5) is 0 Å². The number of sulfonamides is 1. The van der Waals surface area contributed by atoms with E-state index in [-0.39, 0.29) is 12.0 Å². The average Bonchev–Trinajstić information content (AvgIpc) is 3.02. The second kappa shape index (κ2) is 5.76. The Hall–Kier alpha value is -0.660. The fourth-order valence-electron chi connectivity index (χ4n) is 3.02. The SMILES string of the molecule is Cc1sc2ccc(Cl)cc2c1S(=O)(=O)N1CCC(C(C)N)C1. The van der Waals surface area contributed by atoms with Gasteiger partial charge in [0.15, 0.2) is 0 Å². The van der Waals surface area contributed by atoms with Crippen LogP contribution in [-0.4, -0.2) is 31.9 Å². The van der Waals surface area contributed by atoms with Crippen LogP contribution in [0.5, 0.6) is 0 Å². The second-order valence-electron chi connectivity index (χ2n) is 5.90. The van der Waals surface area contributed by atoms with Gasteiger partial charge in [-0.15, -0.1) is 11.3 Å². The summed E-state index contributed by atoms with van der Waals surface area (Å²) >= 11 is 7.55. The first kappa shape index (κ1) is 16.2. The monoisotopic (exact) mass is 358 g/mol. The van der Waals surface area contributed by atoms with Crippen molar-refractivity contribution in [3.05, 3.63) is 28.1 Å². The zero-order valence-electron chi connectivity index (χ0n) is 12.5. The average molecular weight is 359 g/mol. The van der Waals surface area contributed by atoms with E-state index in [1.54, 1.807) is 16.4 Å². The summed E-state index contributed by atoms with van der Waals surface area (Å²) in [7, 11) is -3.51. The maximum absolute atomic E-state index is 13.1. The molecule has 4 nitrogen and oxygen atoms in total. The number of fused-ring (bicyclic) bond motifs is 1. The number of thiophene rings is 1. The summed E-state index contributed by atoms with van der Waals surface area (Å²) in [5.74, 6) is 0.226. The fraction of sp³-hybridized carbons (Fsp3) is 0.467. The summed E-state index contributed by atoms with van der Waals surface area (Å²) < 4.78 is 28.6. The van der Waals surface area contributed by atoms with Gasteiger partial charge in [0.05, 0.1) is 0 Å². The quantitative estimate of drug-likeness (QED) is 0.916. The highest BCUT2D eigenvalue weighted by molar-refractivity contribution is 7.89. The van der Waals surface area contributed by atoms with Crippen molar-refractivity contribution >= 4 is 43.0 Å². The lowest BCUT2D eigenvalue weighted by Crippen LogP contribution is -2.33. The highest BCUT2D eigenvalue weighted by Gasteiger charge is 2.36. The first-order valence-electron chi connectivity index (χ1n) is 7.25. The largest absolute Gasteiger partial charge is 0.328 e. The number of halogens is 1. The van der Waals surface area contributed by atoms with E-state index >= 15 is 0 Å². The summed E-state index contributed by atoms with van der Waals surface area (Å²) in [5, 5.41) is 1.27. The first-order valence-corrected chi connectivity index (χ1v) is 9.88. The van der Waals surface area contributed by atoms with E-state index in [1.807, 2.05) is 19.9 Å². The Balaban J connectivity index is 2.07. The molecule has 2 heterocycles. The molecule has 1 fully saturated rings. The predicted octanol–water partition coefficient (Wildman–Crippen LogP) is 3.22. The Bertz CT molecular complexity index is 814. The third-order valence-electron chi connectivity index (χ3n) is 4.30. The number of nitrogens with zero attached hydrogens (tertiary/aromatic N) is 1. The van der Waals surface area contributed by atoms with Crippen molar-refractivity contribution in [3.8, 4) is 0 Å². The van der Waals surface area contributed by atoms with Gasteiger partial charge in [-0.1, -0.05) is 11.6 Å². The van der Waals surface area contributed by atoms with Crippen molar-refractivity contribution in [2.75, 3.05) is 13.1 Å². The molecule has 1 aliphatic rings. The minimum Gasteiger partial charge on any atom is -0.328 e. The molecule has 0 spiro atoms. The molecule has 22 heavy (non-hydrogen) atoms. The van der Waals surface area contributed by atoms with E-state index in [9.17, 15) is 8.42 Å². The number of nitrogens with two attached hydrogens (primary N) is 1. The first-order chi connectivity index (χ1) is 10.3. The molecule has 2 aromatic rings. The minimum atomic E-state index is -3.51. The van der Waals surface area contributed by atoms with E-state index in [2.05, 4.69) is 0 Å². The number of rotatable bonds is 3. The van der Waals surface area contributed by atoms with Gasteiger partial charge in [0.2, 0.25) is 10.0 Å². The van der Waals surface area contributed by atoms with Crippen LogP contribution in [0.15, 0.2) is 23.1 Å². The Morgan fingerprint density at radius 1 is 1.45 bits per heavy atom. The van der Waals surface area contributed by atoms with Crippen LogP contribution in [0.25, 0.3) is 10.1 Å². The molecule has 0 bridgehead atoms. The molecule has 2 N–H and O–H groups in total. The van der Waals surface area contributed by atoms with Gasteiger partial charge >= 0.3 is 0 Å². The van der Waals surface area contributed by atoms with Crippen LogP contribution in [0.2, 0.25) is 5.02 Å². The third-order valence-corrected chi connectivity index (χ3v) is 7.80. The molecule has 1 aliphatic heterocycles. The van der Waals surface area contributed by atoms with Gasteiger partial charge < -0.3 is 5.73 Å². The van der Waals surface area contributed by atoms with Crippen molar-refractivity contribution in [1.82, 2.24) is 4.31 Å². The van der Waals surface area contributed by atoms with E-state index in [4.69, 9.17) is 17.3 Å². The summed E-state index contributed by atoms with van der Waals surface area (Å²) in [6, 6.07) is 5.42. The van der Waals surface area contributed by atoms with E-state index < -0.39 is 10.0 Å². The van der Waals surface area contributed by atoms with Crippen molar-refractivity contribution in [2.24, 2.45) is 11.7 Å². The maximum atomic E-state index is 13.1. The Labute approximate surface area is 139 Å². The lowest BCUT2D eigenvalue weighted by atomic mass is 10.0. The van der Waals surface area contributed by atoms with Crippen LogP contribution in [-0.2, 0) is 10.0 Å². The summed E-state index contributed by atoms with van der Waals surface area (Å²) in [6.07, 6.45) is 0.818. The van der Waals surface area contributed by atoms with Gasteiger partial charge in [-0.3, -0.25) is 0 Å². The van der Waals surface area contributed by atoms with Gasteiger partial charge in [0, 0.05) is 39.1 Å². The van der Waals surface area contributed by atoms with Gasteiger partial charge in [0.25, 0.3) is 0 Å². The molecule has 0 saturated carbocycles. The van der Waals surface area contributed by atoms with Crippen molar-refractivity contribution in [2.45, 2.75) is 31.2 Å². The van der Waals surface area contributed by atoms with Gasteiger partial charge in [-0.2, -0.15) is 4.31 Å². The number of aryl methyl sites for hydroxylation is 1. The van der Waals surface area contributed by atoms with Gasteiger partial charge in [0.1, 0.15) is 4.90 Å². The topological polar surface area (TPSA) is 63.4 Å². The normalized spacial score (nSPS) is 21.5. The molecular weight excluding hydrogens is 340 g/mol. The molecule has 1 aromatic carbocycles. The molecule has 2 atom stereocenters. The maximum Gasteiger partial charge on any atom is 0.244 e. The number of hydrogen-bond donors (Lipinski definition) is 1. The van der Waals surface area contributed by atoms with Crippen LogP contribution >= 0.6 is 22.9 Å². The predicted molar refractivity (Wildman–Crippen MR) is 92.1 cm³/mol. The molecule has 0 amide bonds. The van der Waals surface area contributed by atoms with E-state index in [0.717, 1.165) is 21.4 Å². The van der Waals surface area contributed by atoms with Crippen molar-refractivity contribution in [3.63, 3.8) is 0 Å². The zero-order chi connectivity index (χ0) is 16.1. The molecule has 0 aliphatic carbocycles. The smallest absolute Gasteiger partial charge is 0.244 e. The lowest BCUT2D eigenvalue weighted by molar-refractivity contribution is 0.429. The Morgan fingerprint density at radius 3 is 2.82 bits per heavy atom. The van der Waals surface area contributed by atoms with Crippen LogP contribution < -0.4 is 5.73 Å². The molecule has 7 heteroatoms. The molecule has 3 rings (SSSR count). The van der Waals surface area contributed by atoms with Crippen LogP contribution in [0.1, 0.15) is 18.2 Å². The zero-order valence-corrected chi connectivity index (χ0v) is 14.9. The number of benzene rings is 1. The van der Waals surface area contributed by atoms with E-state index in [1.165, 1.54) is 11.3 Å². The summed E-state index contributed by atoms with van der Waals surface area (Å²) in [4.78, 5) is 1.21. The van der Waals surface area contributed by atoms with Crippen molar-refractivity contribution in [1.29, 1.82) is 0 Å². The standard InChI is InChI=1S/C15H19ClN2O2S2/c1-9(17)11-5-6-18(8-11)22(19,20)15-10(2)21-14-4-3-12(16)7-13(14)15/h3-4,7,9,11H,5-6,8,17H2,1-2H3.